The topological polar surface area (TPSA) is 17.1 Å². The number of carbonyl (C=O) groups excluding carboxylic acids is 1. The SMILES string of the molecule is CC.O=C(I)c1ccccc1. The van der Waals surface area contributed by atoms with Gasteiger partial charge in [0.25, 0.3) is 0 Å². The van der Waals surface area contributed by atoms with Crippen LogP contribution in [-0.2, 0) is 0 Å². The second-order valence-corrected chi connectivity index (χ2v) is 2.62. The van der Waals surface area contributed by atoms with E-state index in [1.165, 1.54) is 0 Å². The van der Waals surface area contributed by atoms with Gasteiger partial charge >= 0.3 is 0 Å². The van der Waals surface area contributed by atoms with Gasteiger partial charge in [0.15, 0.2) is 0 Å². The van der Waals surface area contributed by atoms with E-state index in [0.717, 1.165) is 5.56 Å². The van der Waals surface area contributed by atoms with E-state index < -0.39 is 0 Å². The van der Waals surface area contributed by atoms with E-state index in [-0.39, 0.29) is 3.79 Å². The van der Waals surface area contributed by atoms with E-state index >= 15 is 0 Å². The lowest BCUT2D eigenvalue weighted by molar-refractivity contribution is 0.110. The van der Waals surface area contributed by atoms with Crippen LogP contribution in [0.3, 0.4) is 0 Å². The predicted molar refractivity (Wildman–Crippen MR) is 56.1 cm³/mol. The molecule has 0 atom stereocenters. The maximum atomic E-state index is 10.6. The summed E-state index contributed by atoms with van der Waals surface area (Å²) in [5.74, 6) is 0. The third-order valence-electron chi connectivity index (χ3n) is 1.00. The molecule has 0 aliphatic rings. The summed E-state index contributed by atoms with van der Waals surface area (Å²) in [6.07, 6.45) is 0. The van der Waals surface area contributed by atoms with Crippen LogP contribution in [0.4, 0.5) is 0 Å². The van der Waals surface area contributed by atoms with Crippen molar-refractivity contribution in [3.05, 3.63) is 35.9 Å². The van der Waals surface area contributed by atoms with Gasteiger partial charge < -0.3 is 0 Å². The summed E-state index contributed by atoms with van der Waals surface area (Å²) < 4.78 is 0.0909. The fourth-order valence-corrected chi connectivity index (χ4v) is 0.929. The van der Waals surface area contributed by atoms with Crippen LogP contribution in [0.5, 0.6) is 0 Å². The third-order valence-corrected chi connectivity index (χ3v) is 1.62. The van der Waals surface area contributed by atoms with E-state index in [9.17, 15) is 4.79 Å². The maximum Gasteiger partial charge on any atom is 0.222 e. The number of rotatable bonds is 1. The van der Waals surface area contributed by atoms with Gasteiger partial charge in [-0.1, -0.05) is 44.2 Å². The molecule has 0 bridgehead atoms. The molecular weight excluding hydrogens is 251 g/mol. The average molecular weight is 262 g/mol. The van der Waals surface area contributed by atoms with E-state index in [0.29, 0.717) is 0 Å². The number of benzene rings is 1. The Morgan fingerprint density at radius 3 is 1.91 bits per heavy atom. The van der Waals surface area contributed by atoms with Crippen molar-refractivity contribution >= 4 is 26.4 Å². The molecule has 0 aliphatic carbocycles. The molecule has 0 radical (unpaired) electrons. The van der Waals surface area contributed by atoms with Crippen molar-refractivity contribution in [2.45, 2.75) is 13.8 Å². The van der Waals surface area contributed by atoms with Crippen molar-refractivity contribution in [3.8, 4) is 0 Å². The molecule has 0 unspecified atom stereocenters. The summed E-state index contributed by atoms with van der Waals surface area (Å²) in [7, 11) is 0. The van der Waals surface area contributed by atoms with Gasteiger partial charge in [0, 0.05) is 28.2 Å². The quantitative estimate of drug-likeness (QED) is 0.560. The number of halogens is 1. The van der Waals surface area contributed by atoms with E-state index in [1.807, 2.05) is 32.0 Å². The summed E-state index contributed by atoms with van der Waals surface area (Å²) in [4.78, 5) is 10.6. The Labute approximate surface area is 81.0 Å². The highest BCUT2D eigenvalue weighted by Gasteiger charge is 1.95. The molecule has 0 saturated carbocycles. The van der Waals surface area contributed by atoms with Crippen molar-refractivity contribution in [1.29, 1.82) is 0 Å². The molecule has 0 N–H and O–H groups in total. The van der Waals surface area contributed by atoms with Crippen molar-refractivity contribution < 1.29 is 4.79 Å². The zero-order valence-corrected chi connectivity index (χ0v) is 8.83. The highest BCUT2D eigenvalue weighted by atomic mass is 127. The fraction of sp³-hybridized carbons (Fsp3) is 0.222. The first-order chi connectivity index (χ1) is 5.30. The zero-order chi connectivity index (χ0) is 8.69. The molecule has 0 fully saturated rings. The second kappa shape index (κ2) is 6.34. The van der Waals surface area contributed by atoms with Crippen LogP contribution in [0.1, 0.15) is 24.2 Å². The van der Waals surface area contributed by atoms with Crippen LogP contribution in [-0.4, -0.2) is 3.79 Å². The van der Waals surface area contributed by atoms with Crippen molar-refractivity contribution in [1.82, 2.24) is 0 Å². The first kappa shape index (κ1) is 10.6. The van der Waals surface area contributed by atoms with Crippen molar-refractivity contribution in [2.24, 2.45) is 0 Å². The van der Waals surface area contributed by atoms with E-state index in [2.05, 4.69) is 0 Å². The van der Waals surface area contributed by atoms with Gasteiger partial charge in [-0.05, 0) is 0 Å². The summed E-state index contributed by atoms with van der Waals surface area (Å²) in [6, 6.07) is 9.20. The minimum atomic E-state index is 0.0909. The molecule has 60 valence electrons. The molecule has 0 heterocycles. The molecular formula is C9H11IO. The summed E-state index contributed by atoms with van der Waals surface area (Å²) >= 11 is 1.77. The molecule has 0 spiro atoms. The van der Waals surface area contributed by atoms with Gasteiger partial charge in [0.2, 0.25) is 3.79 Å². The Hall–Kier alpha value is -0.380. The predicted octanol–water partition coefficient (Wildman–Crippen LogP) is 3.29. The lowest BCUT2D eigenvalue weighted by Crippen LogP contribution is -1.83. The molecule has 2 heteroatoms. The number of carbonyl (C=O) groups is 1. The minimum Gasteiger partial charge on any atom is -0.282 e. The normalized spacial score (nSPS) is 7.91. The Bertz CT molecular complexity index is 206. The smallest absolute Gasteiger partial charge is 0.222 e. The summed E-state index contributed by atoms with van der Waals surface area (Å²) in [6.45, 7) is 4.00. The summed E-state index contributed by atoms with van der Waals surface area (Å²) in [5, 5.41) is 0. The first-order valence-corrected chi connectivity index (χ1v) is 4.63. The van der Waals surface area contributed by atoms with Gasteiger partial charge in [-0.2, -0.15) is 0 Å². The lowest BCUT2D eigenvalue weighted by atomic mass is 10.2. The zero-order valence-electron chi connectivity index (χ0n) is 6.67. The lowest BCUT2D eigenvalue weighted by Gasteiger charge is -1.87. The molecule has 1 aromatic rings. The van der Waals surface area contributed by atoms with Crippen LogP contribution >= 0.6 is 22.6 Å². The Balaban J connectivity index is 0.000000461. The monoisotopic (exact) mass is 262 g/mol. The number of hydrogen-bond donors (Lipinski definition) is 0. The molecule has 0 aliphatic heterocycles. The minimum absolute atomic E-state index is 0.0909. The van der Waals surface area contributed by atoms with E-state index in [4.69, 9.17) is 0 Å². The largest absolute Gasteiger partial charge is 0.282 e. The Kier molecular flexibility index (Phi) is 6.12. The second-order valence-electron chi connectivity index (χ2n) is 1.64. The van der Waals surface area contributed by atoms with Gasteiger partial charge in [-0.15, -0.1) is 0 Å². The summed E-state index contributed by atoms with van der Waals surface area (Å²) in [5.41, 5.74) is 0.762. The standard InChI is InChI=1S/C7H5IO.C2H6/c8-7(9)6-4-2-1-3-5-6;1-2/h1-5H;1-2H3. The third kappa shape index (κ3) is 4.14. The van der Waals surface area contributed by atoms with Crippen LogP contribution in [0, 0.1) is 0 Å². The van der Waals surface area contributed by atoms with Crippen LogP contribution in [0.2, 0.25) is 0 Å². The first-order valence-electron chi connectivity index (χ1n) is 3.55. The molecule has 1 nitrogen and oxygen atoms in total. The van der Waals surface area contributed by atoms with Crippen molar-refractivity contribution in [2.75, 3.05) is 0 Å². The van der Waals surface area contributed by atoms with Crippen LogP contribution in [0.25, 0.3) is 0 Å². The average Bonchev–Trinajstić information content (AvgIpc) is 2.10. The van der Waals surface area contributed by atoms with Gasteiger partial charge in [-0.25, -0.2) is 0 Å². The van der Waals surface area contributed by atoms with Gasteiger partial charge in [0.1, 0.15) is 0 Å². The molecule has 1 aromatic carbocycles. The highest BCUT2D eigenvalue weighted by Crippen LogP contribution is 2.03. The molecule has 0 amide bonds. The maximum absolute atomic E-state index is 10.6. The van der Waals surface area contributed by atoms with Crippen LogP contribution in [0.15, 0.2) is 30.3 Å². The van der Waals surface area contributed by atoms with E-state index in [1.54, 1.807) is 34.7 Å². The highest BCUT2D eigenvalue weighted by molar-refractivity contribution is 14.1. The number of hydrogen-bond acceptors (Lipinski definition) is 1. The molecule has 0 saturated heterocycles. The molecule has 11 heavy (non-hydrogen) atoms. The van der Waals surface area contributed by atoms with Gasteiger partial charge in [-0.3, -0.25) is 4.79 Å². The Morgan fingerprint density at radius 2 is 1.64 bits per heavy atom. The molecule has 1 rings (SSSR count). The van der Waals surface area contributed by atoms with Gasteiger partial charge in [0.05, 0.1) is 0 Å². The van der Waals surface area contributed by atoms with Crippen molar-refractivity contribution in [3.63, 3.8) is 0 Å². The fourth-order valence-electron chi connectivity index (χ4n) is 0.569. The molecule has 0 aromatic heterocycles. The van der Waals surface area contributed by atoms with Crippen LogP contribution < -0.4 is 0 Å². The Morgan fingerprint density at radius 1 is 1.18 bits per heavy atom.